The van der Waals surface area contributed by atoms with E-state index in [0.717, 1.165) is 12.1 Å². The van der Waals surface area contributed by atoms with E-state index in [1.165, 1.54) is 17.0 Å². The SMILES string of the molecule is O=C(c1ccc(F)c(F)c1Nc1ccc(I)cc1F)N1CC(O)(CNO)C1. The van der Waals surface area contributed by atoms with Gasteiger partial charge in [-0.3, -0.25) is 4.79 Å². The highest BCUT2D eigenvalue weighted by Gasteiger charge is 2.44. The van der Waals surface area contributed by atoms with Gasteiger partial charge in [-0.2, -0.15) is 0 Å². The fourth-order valence-electron chi connectivity index (χ4n) is 2.81. The number of hydrogen-bond donors (Lipinski definition) is 4. The van der Waals surface area contributed by atoms with Gasteiger partial charge < -0.3 is 20.5 Å². The molecule has 6 nitrogen and oxygen atoms in total. The van der Waals surface area contributed by atoms with Crippen molar-refractivity contribution in [1.82, 2.24) is 10.4 Å². The van der Waals surface area contributed by atoms with Crippen LogP contribution in [0.2, 0.25) is 0 Å². The third-order valence-corrected chi connectivity index (χ3v) is 4.85. The van der Waals surface area contributed by atoms with Crippen LogP contribution in [0, 0.1) is 21.0 Å². The average molecular weight is 493 g/mol. The normalized spacial score (nSPS) is 15.4. The maximum atomic E-state index is 14.4. The Morgan fingerprint density at radius 2 is 1.89 bits per heavy atom. The molecule has 10 heteroatoms. The molecular weight excluding hydrogens is 478 g/mol. The molecule has 0 aromatic heterocycles. The van der Waals surface area contributed by atoms with Crippen molar-refractivity contribution in [3.63, 3.8) is 0 Å². The van der Waals surface area contributed by atoms with Crippen molar-refractivity contribution >= 4 is 39.9 Å². The summed E-state index contributed by atoms with van der Waals surface area (Å²) in [7, 11) is 0. The first-order chi connectivity index (χ1) is 12.7. The van der Waals surface area contributed by atoms with Crippen molar-refractivity contribution in [2.24, 2.45) is 0 Å². The molecule has 0 aliphatic carbocycles. The second kappa shape index (κ2) is 7.62. The molecule has 0 spiro atoms. The van der Waals surface area contributed by atoms with Crippen LogP contribution in [-0.2, 0) is 0 Å². The van der Waals surface area contributed by atoms with E-state index in [9.17, 15) is 23.1 Å². The summed E-state index contributed by atoms with van der Waals surface area (Å²) in [6.45, 7) is -0.348. The van der Waals surface area contributed by atoms with Gasteiger partial charge in [0.15, 0.2) is 11.6 Å². The highest BCUT2D eigenvalue weighted by atomic mass is 127. The van der Waals surface area contributed by atoms with Gasteiger partial charge in [-0.15, -0.1) is 0 Å². The molecule has 4 N–H and O–H groups in total. The van der Waals surface area contributed by atoms with Crippen molar-refractivity contribution in [3.05, 3.63) is 56.9 Å². The predicted octanol–water partition coefficient (Wildman–Crippen LogP) is 2.62. The summed E-state index contributed by atoms with van der Waals surface area (Å²) in [5.74, 6) is -3.85. The molecule has 1 amide bonds. The Bertz CT molecular complexity index is 891. The molecule has 0 radical (unpaired) electrons. The van der Waals surface area contributed by atoms with Crippen LogP contribution in [0.5, 0.6) is 0 Å². The Kier molecular flexibility index (Phi) is 5.60. The summed E-state index contributed by atoms with van der Waals surface area (Å²) < 4.78 is 42.7. The van der Waals surface area contributed by atoms with Crippen LogP contribution in [0.15, 0.2) is 30.3 Å². The van der Waals surface area contributed by atoms with Crippen LogP contribution >= 0.6 is 22.6 Å². The van der Waals surface area contributed by atoms with Crippen LogP contribution < -0.4 is 10.8 Å². The van der Waals surface area contributed by atoms with Gasteiger partial charge in [0.2, 0.25) is 0 Å². The Hall–Kier alpha value is -1.89. The molecule has 1 saturated heterocycles. The average Bonchev–Trinajstić information content (AvgIpc) is 2.58. The number of anilines is 2. The topological polar surface area (TPSA) is 84.8 Å². The van der Waals surface area contributed by atoms with Crippen molar-refractivity contribution in [2.75, 3.05) is 25.0 Å². The fourth-order valence-corrected chi connectivity index (χ4v) is 3.27. The maximum Gasteiger partial charge on any atom is 0.256 e. The Morgan fingerprint density at radius 3 is 2.52 bits per heavy atom. The monoisotopic (exact) mass is 493 g/mol. The minimum atomic E-state index is -1.31. The first-order valence-corrected chi connectivity index (χ1v) is 8.91. The first kappa shape index (κ1) is 19.9. The molecule has 2 aromatic carbocycles. The number of β-amino-alcohol motifs (C(OH)–C–C–N with tert-alkyl or cyclic N) is 1. The van der Waals surface area contributed by atoms with E-state index in [0.29, 0.717) is 3.57 Å². The second-order valence-electron chi connectivity index (χ2n) is 6.25. The van der Waals surface area contributed by atoms with Gasteiger partial charge in [0.1, 0.15) is 11.4 Å². The number of hydroxylamine groups is 1. The van der Waals surface area contributed by atoms with Gasteiger partial charge in [0.05, 0.1) is 36.6 Å². The molecule has 1 heterocycles. The Balaban J connectivity index is 1.90. The van der Waals surface area contributed by atoms with Crippen molar-refractivity contribution < 1.29 is 28.3 Å². The lowest BCUT2D eigenvalue weighted by Crippen LogP contribution is -2.67. The van der Waals surface area contributed by atoms with Gasteiger partial charge in [-0.05, 0) is 52.9 Å². The number of rotatable bonds is 5. The fraction of sp³-hybridized carbons (Fsp3) is 0.235. The molecule has 0 saturated carbocycles. The molecule has 1 aliphatic heterocycles. The van der Waals surface area contributed by atoms with E-state index in [1.54, 1.807) is 6.07 Å². The van der Waals surface area contributed by atoms with Gasteiger partial charge in [-0.25, -0.2) is 18.7 Å². The van der Waals surface area contributed by atoms with Crippen LogP contribution in [0.4, 0.5) is 24.5 Å². The van der Waals surface area contributed by atoms with Crippen LogP contribution in [0.25, 0.3) is 0 Å². The largest absolute Gasteiger partial charge is 0.385 e. The number of aliphatic hydroxyl groups is 1. The molecule has 27 heavy (non-hydrogen) atoms. The van der Waals surface area contributed by atoms with E-state index in [-0.39, 0.29) is 30.9 Å². The summed E-state index contributed by atoms with van der Waals surface area (Å²) in [4.78, 5) is 13.8. The summed E-state index contributed by atoms with van der Waals surface area (Å²) in [6.07, 6.45) is 0. The van der Waals surface area contributed by atoms with E-state index >= 15 is 0 Å². The highest BCUT2D eigenvalue weighted by Crippen LogP contribution is 2.31. The van der Waals surface area contributed by atoms with Crippen LogP contribution in [0.1, 0.15) is 10.4 Å². The lowest BCUT2D eigenvalue weighted by atomic mass is 9.93. The standard InChI is InChI=1S/C17H15F3IN3O3/c18-11-3-2-10(16(25)24-7-17(26,8-24)6-22-27)15(14(11)20)23-13-4-1-9(21)5-12(13)19/h1-5,22-23,26-27H,6-8H2. The number of nitrogens with zero attached hydrogens (tertiary/aromatic N) is 1. The van der Waals surface area contributed by atoms with Gasteiger partial charge in [-0.1, -0.05) is 0 Å². The summed E-state index contributed by atoms with van der Waals surface area (Å²) >= 11 is 1.90. The maximum absolute atomic E-state index is 14.4. The predicted molar refractivity (Wildman–Crippen MR) is 99.4 cm³/mol. The van der Waals surface area contributed by atoms with Gasteiger partial charge in [0.25, 0.3) is 5.91 Å². The Labute approximate surface area is 166 Å². The molecule has 1 aliphatic rings. The number of carbonyl (C=O) groups excluding carboxylic acids is 1. The lowest BCUT2D eigenvalue weighted by molar-refractivity contribution is -0.0940. The van der Waals surface area contributed by atoms with Crippen molar-refractivity contribution in [1.29, 1.82) is 0 Å². The first-order valence-electron chi connectivity index (χ1n) is 7.83. The summed E-state index contributed by atoms with van der Waals surface area (Å²) in [5, 5.41) is 21.2. The number of halogens is 4. The second-order valence-corrected chi connectivity index (χ2v) is 7.50. The third-order valence-electron chi connectivity index (χ3n) is 4.18. The molecule has 1 fully saturated rings. The summed E-state index contributed by atoms with van der Waals surface area (Å²) in [6, 6.07) is 6.03. The molecule has 144 valence electrons. The minimum Gasteiger partial charge on any atom is -0.385 e. The molecular formula is C17H15F3IN3O3. The molecule has 3 rings (SSSR count). The molecule has 0 bridgehead atoms. The van der Waals surface area contributed by atoms with Crippen molar-refractivity contribution in [3.8, 4) is 0 Å². The van der Waals surface area contributed by atoms with Crippen LogP contribution in [-0.4, -0.2) is 46.4 Å². The summed E-state index contributed by atoms with van der Waals surface area (Å²) in [5.41, 5.74) is -0.283. The zero-order valence-electron chi connectivity index (χ0n) is 13.8. The molecule has 2 aromatic rings. The van der Waals surface area contributed by atoms with E-state index < -0.39 is 34.6 Å². The zero-order valence-corrected chi connectivity index (χ0v) is 15.9. The molecule has 0 atom stereocenters. The quantitative estimate of drug-likeness (QED) is 0.381. The van der Waals surface area contributed by atoms with E-state index in [2.05, 4.69) is 5.32 Å². The van der Waals surface area contributed by atoms with E-state index in [4.69, 9.17) is 5.21 Å². The lowest BCUT2D eigenvalue weighted by Gasteiger charge is -2.46. The number of benzene rings is 2. The number of likely N-dealkylation sites (tertiary alicyclic amines) is 1. The molecule has 0 unspecified atom stereocenters. The minimum absolute atomic E-state index is 0.101. The van der Waals surface area contributed by atoms with Crippen LogP contribution in [0.3, 0.4) is 0 Å². The number of carbonyl (C=O) groups is 1. The number of hydrogen-bond acceptors (Lipinski definition) is 5. The highest BCUT2D eigenvalue weighted by molar-refractivity contribution is 14.1. The van der Waals surface area contributed by atoms with E-state index in [1.807, 2.05) is 28.1 Å². The number of amides is 1. The van der Waals surface area contributed by atoms with Gasteiger partial charge >= 0.3 is 0 Å². The third kappa shape index (κ3) is 4.03. The Morgan fingerprint density at radius 1 is 1.19 bits per heavy atom. The van der Waals surface area contributed by atoms with Gasteiger partial charge in [0, 0.05) is 3.57 Å². The number of nitrogens with one attached hydrogen (secondary N) is 2. The van der Waals surface area contributed by atoms with Crippen molar-refractivity contribution in [2.45, 2.75) is 5.60 Å². The zero-order chi connectivity index (χ0) is 19.8. The smallest absolute Gasteiger partial charge is 0.256 e.